The van der Waals surface area contributed by atoms with Crippen molar-refractivity contribution in [2.75, 3.05) is 6.16 Å². The van der Waals surface area contributed by atoms with Gasteiger partial charge in [0.1, 0.15) is 0 Å². The van der Waals surface area contributed by atoms with Crippen molar-refractivity contribution in [2.45, 2.75) is 6.42 Å². The van der Waals surface area contributed by atoms with Gasteiger partial charge in [0.2, 0.25) is 0 Å². The molecule has 0 saturated heterocycles. The van der Waals surface area contributed by atoms with Gasteiger partial charge in [-0.1, -0.05) is 11.9 Å². The quantitative estimate of drug-likeness (QED) is 0.427. The molecule has 0 aromatic rings. The molecule has 1 unspecified atom stereocenters. The van der Waals surface area contributed by atoms with Gasteiger partial charge in [0.25, 0.3) is 0 Å². The molecular weight excluding hydrogens is 206 g/mol. The number of allylic oxidation sites excluding steroid dienone is 1. The van der Waals surface area contributed by atoms with E-state index in [1.54, 1.807) is 0 Å². The highest BCUT2D eigenvalue weighted by atomic mass is 127. The Kier molecular flexibility index (Phi) is 1.91. The molecule has 0 aromatic carbocycles. The van der Waals surface area contributed by atoms with Crippen molar-refractivity contribution in [1.82, 2.24) is 0 Å². The lowest BCUT2D eigenvalue weighted by Crippen LogP contribution is -1.58. The van der Waals surface area contributed by atoms with Crippen LogP contribution >= 0.6 is 27.6 Å². The number of hydrogen-bond acceptors (Lipinski definition) is 0. The van der Waals surface area contributed by atoms with Crippen molar-refractivity contribution in [3.8, 4) is 0 Å². The van der Waals surface area contributed by atoms with Gasteiger partial charge in [-0.25, -0.2) is 0 Å². The van der Waals surface area contributed by atoms with Gasteiger partial charge in [-0.15, -0.1) is 0 Å². The van der Waals surface area contributed by atoms with E-state index in [9.17, 15) is 0 Å². The second kappa shape index (κ2) is 2.27. The molecule has 2 heteroatoms. The molecule has 0 saturated carbocycles. The van der Waals surface area contributed by atoms with Gasteiger partial charge in [0.05, 0.1) is 0 Å². The van der Waals surface area contributed by atoms with Crippen molar-refractivity contribution in [3.05, 3.63) is 11.9 Å². The number of halogens is 1. The molecular formula is C4H6IP. The third kappa shape index (κ3) is 1.19. The minimum Gasteiger partial charge on any atom is -0.0829 e. The van der Waals surface area contributed by atoms with E-state index in [-0.39, 0.29) is 0 Å². The lowest BCUT2D eigenvalue weighted by atomic mass is 10.5. The molecule has 1 rings (SSSR count). The second-order valence-corrected chi connectivity index (χ2v) is 6.56. The Morgan fingerprint density at radius 1 is 1.67 bits per heavy atom. The molecule has 6 heavy (non-hydrogen) atoms. The Morgan fingerprint density at radius 2 is 2.50 bits per heavy atom. The largest absolute Gasteiger partial charge is 0.0829 e. The zero-order valence-corrected chi connectivity index (χ0v) is 6.45. The minimum absolute atomic E-state index is 0.324. The van der Waals surface area contributed by atoms with Crippen LogP contribution in [0.3, 0.4) is 0 Å². The summed E-state index contributed by atoms with van der Waals surface area (Å²) in [6.07, 6.45) is 5.03. The molecule has 0 bridgehead atoms. The van der Waals surface area contributed by atoms with Gasteiger partial charge in [0.15, 0.2) is 0 Å². The summed E-state index contributed by atoms with van der Waals surface area (Å²) in [7, 11) is 0. The Labute approximate surface area is 52.2 Å². The fourth-order valence-corrected chi connectivity index (χ4v) is 2.90. The molecule has 1 heterocycles. The summed E-state index contributed by atoms with van der Waals surface area (Å²) >= 11 is 2.51. The number of hydrogen-bond donors (Lipinski definition) is 0. The van der Waals surface area contributed by atoms with E-state index in [0.717, 1.165) is 0 Å². The molecule has 1 aliphatic rings. The Morgan fingerprint density at radius 3 is 2.67 bits per heavy atom. The Hall–Kier alpha value is 0.900. The van der Waals surface area contributed by atoms with Crippen molar-refractivity contribution >= 4 is 27.6 Å². The summed E-state index contributed by atoms with van der Waals surface area (Å²) in [5.74, 6) is 2.33. The highest BCUT2D eigenvalue weighted by molar-refractivity contribution is 14.2. The van der Waals surface area contributed by atoms with E-state index in [2.05, 4.69) is 33.9 Å². The van der Waals surface area contributed by atoms with Crippen LogP contribution in [-0.4, -0.2) is 6.16 Å². The summed E-state index contributed by atoms with van der Waals surface area (Å²) in [5.41, 5.74) is 0.324. The summed E-state index contributed by atoms with van der Waals surface area (Å²) in [6.45, 7) is 0. The maximum atomic E-state index is 2.51. The van der Waals surface area contributed by atoms with Crippen LogP contribution < -0.4 is 0 Å². The molecule has 0 fully saturated rings. The second-order valence-electron chi connectivity index (χ2n) is 1.30. The first-order chi connectivity index (χ1) is 2.89. The Bertz CT molecular complexity index is 69.9. The maximum Gasteiger partial charge on any atom is -0.0165 e. The van der Waals surface area contributed by atoms with E-state index in [1.807, 2.05) is 0 Å². The van der Waals surface area contributed by atoms with Crippen LogP contribution in [0.25, 0.3) is 0 Å². The van der Waals surface area contributed by atoms with Crippen LogP contribution in [0.5, 0.6) is 0 Å². The molecule has 0 nitrogen and oxygen atoms in total. The van der Waals surface area contributed by atoms with Crippen LogP contribution in [0.2, 0.25) is 0 Å². The Balaban J connectivity index is 2.38. The molecule has 0 spiro atoms. The van der Waals surface area contributed by atoms with Gasteiger partial charge >= 0.3 is 0 Å². The van der Waals surface area contributed by atoms with Crippen LogP contribution in [0.15, 0.2) is 11.9 Å². The monoisotopic (exact) mass is 212 g/mol. The van der Waals surface area contributed by atoms with Gasteiger partial charge in [-0.2, -0.15) is 0 Å². The lowest BCUT2D eigenvalue weighted by molar-refractivity contribution is 1.27. The first-order valence-electron chi connectivity index (χ1n) is 1.99. The summed E-state index contributed by atoms with van der Waals surface area (Å²) in [6, 6.07) is 0. The fourth-order valence-electron chi connectivity index (χ4n) is 0.461. The van der Waals surface area contributed by atoms with E-state index >= 15 is 0 Å². The molecule has 0 amide bonds. The third-order valence-corrected chi connectivity index (χ3v) is 4.41. The predicted molar refractivity (Wildman–Crippen MR) is 39.6 cm³/mol. The van der Waals surface area contributed by atoms with Crippen molar-refractivity contribution < 1.29 is 0 Å². The van der Waals surface area contributed by atoms with Crippen molar-refractivity contribution in [1.29, 1.82) is 0 Å². The maximum absolute atomic E-state index is 2.51. The van der Waals surface area contributed by atoms with Gasteiger partial charge in [-0.05, 0) is 40.2 Å². The number of rotatable bonds is 0. The SMILES string of the molecule is IP1C=CCC1. The minimum atomic E-state index is 0.324. The topological polar surface area (TPSA) is 0 Å². The predicted octanol–water partition coefficient (Wildman–Crippen LogP) is 2.74. The highest BCUT2D eigenvalue weighted by Crippen LogP contribution is 2.50. The smallest absolute Gasteiger partial charge is 0.0165 e. The molecule has 1 aliphatic heterocycles. The van der Waals surface area contributed by atoms with Crippen molar-refractivity contribution in [2.24, 2.45) is 0 Å². The summed E-state index contributed by atoms with van der Waals surface area (Å²) in [5, 5.41) is 0. The van der Waals surface area contributed by atoms with Crippen LogP contribution in [0, 0.1) is 0 Å². The van der Waals surface area contributed by atoms with E-state index < -0.39 is 0 Å². The van der Waals surface area contributed by atoms with Crippen molar-refractivity contribution in [3.63, 3.8) is 0 Å². The third-order valence-electron chi connectivity index (χ3n) is 0.777. The highest BCUT2D eigenvalue weighted by Gasteiger charge is 2.00. The summed E-state index contributed by atoms with van der Waals surface area (Å²) in [4.78, 5) is 0. The molecule has 0 aliphatic carbocycles. The van der Waals surface area contributed by atoms with Crippen LogP contribution in [0.4, 0.5) is 0 Å². The first-order valence-corrected chi connectivity index (χ1v) is 6.37. The molecule has 0 aromatic heterocycles. The zero-order valence-electron chi connectivity index (χ0n) is 3.39. The fraction of sp³-hybridized carbons (Fsp3) is 0.500. The lowest BCUT2D eigenvalue weighted by Gasteiger charge is -1.87. The first kappa shape index (κ1) is 5.04. The van der Waals surface area contributed by atoms with Crippen LogP contribution in [0.1, 0.15) is 6.42 Å². The van der Waals surface area contributed by atoms with Gasteiger partial charge in [0, 0.05) is 0 Å². The zero-order chi connectivity index (χ0) is 4.41. The molecule has 0 N–H and O–H groups in total. The van der Waals surface area contributed by atoms with Crippen LogP contribution in [-0.2, 0) is 0 Å². The average Bonchev–Trinajstić information content (AvgIpc) is 1.86. The van der Waals surface area contributed by atoms with E-state index in [0.29, 0.717) is 5.56 Å². The average molecular weight is 212 g/mol. The van der Waals surface area contributed by atoms with E-state index in [1.165, 1.54) is 12.6 Å². The van der Waals surface area contributed by atoms with Gasteiger partial charge < -0.3 is 0 Å². The van der Waals surface area contributed by atoms with Gasteiger partial charge in [-0.3, -0.25) is 0 Å². The summed E-state index contributed by atoms with van der Waals surface area (Å²) < 4.78 is 0. The standard InChI is InChI=1S/C4H6IP/c5-6-3-1-2-4-6/h1,3H,2,4H2. The normalized spacial score (nSPS) is 31.8. The molecule has 1 atom stereocenters. The molecule has 34 valence electrons. The molecule has 0 radical (unpaired) electrons. The van der Waals surface area contributed by atoms with E-state index in [4.69, 9.17) is 0 Å².